The minimum absolute atomic E-state index is 0.133. The first-order chi connectivity index (χ1) is 28.5. The van der Waals surface area contributed by atoms with E-state index in [1.165, 1.54) is 6.42 Å². The molecule has 0 aliphatic carbocycles. The number of hydrogen-bond donors (Lipinski definition) is 0. The molecule has 0 aromatic rings. The third kappa shape index (κ3) is 42.7. The van der Waals surface area contributed by atoms with E-state index in [4.69, 9.17) is 14.2 Å². The number of hydrogen-bond acceptors (Lipinski definition) is 6. The number of esters is 3. The fourth-order valence-electron chi connectivity index (χ4n) is 5.22. The molecule has 0 aromatic heterocycles. The van der Waals surface area contributed by atoms with Gasteiger partial charge in [0.2, 0.25) is 0 Å². The molecule has 6 heteroatoms. The first-order valence-electron chi connectivity index (χ1n) is 22.3. The van der Waals surface area contributed by atoms with Crippen LogP contribution in [0.15, 0.2) is 134 Å². The van der Waals surface area contributed by atoms with E-state index in [1.54, 1.807) is 0 Å². The molecule has 0 bridgehead atoms. The summed E-state index contributed by atoms with van der Waals surface area (Å²) in [5, 5.41) is 0. The van der Waals surface area contributed by atoms with Crippen molar-refractivity contribution in [3.63, 3.8) is 0 Å². The number of allylic oxidation sites excluding steroid dienone is 22. The largest absolute Gasteiger partial charge is 0.462 e. The second-order valence-electron chi connectivity index (χ2n) is 14.0. The smallest absolute Gasteiger partial charge is 0.306 e. The number of carbonyl (C=O) groups excluding carboxylic acids is 3. The van der Waals surface area contributed by atoms with Crippen molar-refractivity contribution in [3.8, 4) is 0 Å². The third-order valence-corrected chi connectivity index (χ3v) is 8.48. The molecule has 0 radical (unpaired) electrons. The summed E-state index contributed by atoms with van der Waals surface area (Å²) in [6.07, 6.45) is 63.1. The van der Waals surface area contributed by atoms with Crippen LogP contribution in [-0.2, 0) is 28.6 Å². The van der Waals surface area contributed by atoms with E-state index in [2.05, 4.69) is 118 Å². The summed E-state index contributed by atoms with van der Waals surface area (Å²) >= 11 is 0. The normalized spacial score (nSPS) is 13.4. The van der Waals surface area contributed by atoms with Crippen molar-refractivity contribution < 1.29 is 28.6 Å². The zero-order valence-corrected chi connectivity index (χ0v) is 36.5. The number of ether oxygens (including phenoxy) is 3. The predicted octanol–water partition coefficient (Wildman–Crippen LogP) is 14.4. The zero-order chi connectivity index (χ0) is 42.3. The van der Waals surface area contributed by atoms with Gasteiger partial charge >= 0.3 is 17.9 Å². The maximum absolute atomic E-state index is 12.7. The van der Waals surface area contributed by atoms with E-state index in [0.29, 0.717) is 19.3 Å². The molecule has 0 amide bonds. The van der Waals surface area contributed by atoms with Crippen molar-refractivity contribution in [2.75, 3.05) is 13.2 Å². The maximum Gasteiger partial charge on any atom is 0.306 e. The predicted molar refractivity (Wildman–Crippen MR) is 246 cm³/mol. The molecule has 0 aliphatic heterocycles. The molecule has 0 saturated carbocycles. The van der Waals surface area contributed by atoms with Crippen LogP contribution >= 0.6 is 0 Å². The fourth-order valence-corrected chi connectivity index (χ4v) is 5.22. The van der Waals surface area contributed by atoms with Crippen LogP contribution in [0, 0.1) is 0 Å². The van der Waals surface area contributed by atoms with Gasteiger partial charge in [-0.05, 0) is 89.9 Å². The van der Waals surface area contributed by atoms with Gasteiger partial charge in [-0.2, -0.15) is 0 Å². The standard InChI is InChI=1S/C52H78O6/c1-4-7-10-13-16-19-22-23-24-25-26-27-28-31-33-36-39-42-45-51(54)57-48-49(58-52(55)46-43-40-37-34-30-21-18-15-12-9-6-3)47-56-50(53)44-41-38-35-32-29-20-17-14-11-8-5-2/h8-13,16-27,32,34-35,37,49H,4-7,14-15,28-31,33,36,38-48H2,1-3H3/b11-8-,12-9-,13-10-,19-16-,20-17-,21-18-,23-22-,25-24-,27-26-,35-32-,37-34-. The van der Waals surface area contributed by atoms with Gasteiger partial charge in [-0.25, -0.2) is 0 Å². The lowest BCUT2D eigenvalue weighted by Crippen LogP contribution is -2.30. The highest BCUT2D eigenvalue weighted by Gasteiger charge is 2.19. The third-order valence-electron chi connectivity index (χ3n) is 8.48. The molecular weight excluding hydrogens is 721 g/mol. The van der Waals surface area contributed by atoms with Gasteiger partial charge in [0, 0.05) is 19.3 Å². The Balaban J connectivity index is 4.56. The fraction of sp³-hybridized carbons (Fsp3) is 0.519. The summed E-state index contributed by atoms with van der Waals surface area (Å²) in [4.78, 5) is 37.7. The SMILES string of the molecule is CC/C=C\C/C=C\C/C=C\CCCC(=O)OCC(COC(=O)CCCCCCC\C=C/C=C\C=C/C=C\C=C/CCC)OC(=O)CCC/C=C\C/C=C\C/C=C\CC. The van der Waals surface area contributed by atoms with Crippen LogP contribution in [0.4, 0.5) is 0 Å². The van der Waals surface area contributed by atoms with E-state index >= 15 is 0 Å². The topological polar surface area (TPSA) is 78.9 Å². The van der Waals surface area contributed by atoms with Gasteiger partial charge in [0.05, 0.1) is 0 Å². The van der Waals surface area contributed by atoms with E-state index in [9.17, 15) is 14.4 Å². The van der Waals surface area contributed by atoms with Crippen LogP contribution in [0.2, 0.25) is 0 Å². The quantitative estimate of drug-likeness (QED) is 0.0205. The van der Waals surface area contributed by atoms with Crippen molar-refractivity contribution in [2.45, 2.75) is 162 Å². The molecule has 0 rings (SSSR count). The molecule has 322 valence electrons. The lowest BCUT2D eigenvalue weighted by molar-refractivity contribution is -0.167. The molecule has 0 saturated heterocycles. The summed E-state index contributed by atoms with van der Waals surface area (Å²) < 4.78 is 16.6. The first kappa shape index (κ1) is 53.6. The Morgan fingerprint density at radius 1 is 0.379 bits per heavy atom. The van der Waals surface area contributed by atoms with Crippen molar-refractivity contribution in [2.24, 2.45) is 0 Å². The van der Waals surface area contributed by atoms with E-state index < -0.39 is 12.1 Å². The Labute approximate surface area is 354 Å². The number of unbranched alkanes of at least 4 members (excludes halogenated alkanes) is 8. The Bertz CT molecular complexity index is 1330. The van der Waals surface area contributed by atoms with Crippen molar-refractivity contribution in [1.29, 1.82) is 0 Å². The highest BCUT2D eigenvalue weighted by atomic mass is 16.6. The summed E-state index contributed by atoms with van der Waals surface area (Å²) in [6.45, 7) is 6.15. The molecule has 6 nitrogen and oxygen atoms in total. The van der Waals surface area contributed by atoms with E-state index in [0.717, 1.165) is 96.3 Å². The van der Waals surface area contributed by atoms with Gasteiger partial charge in [0.1, 0.15) is 13.2 Å². The van der Waals surface area contributed by atoms with Gasteiger partial charge < -0.3 is 14.2 Å². The Morgan fingerprint density at radius 3 is 1.26 bits per heavy atom. The van der Waals surface area contributed by atoms with Crippen LogP contribution < -0.4 is 0 Å². The lowest BCUT2D eigenvalue weighted by Gasteiger charge is -2.18. The summed E-state index contributed by atoms with van der Waals surface area (Å²) in [5.74, 6) is -1.09. The van der Waals surface area contributed by atoms with Gasteiger partial charge in [-0.1, -0.05) is 180 Å². The molecule has 0 N–H and O–H groups in total. The molecule has 58 heavy (non-hydrogen) atoms. The molecule has 0 fully saturated rings. The van der Waals surface area contributed by atoms with Gasteiger partial charge in [0.25, 0.3) is 0 Å². The Morgan fingerprint density at radius 2 is 0.759 bits per heavy atom. The summed E-state index contributed by atoms with van der Waals surface area (Å²) in [6, 6.07) is 0. The first-order valence-corrected chi connectivity index (χ1v) is 22.3. The van der Waals surface area contributed by atoms with Crippen LogP contribution in [0.1, 0.15) is 156 Å². The summed E-state index contributed by atoms with van der Waals surface area (Å²) in [5.41, 5.74) is 0. The minimum atomic E-state index is -0.838. The molecule has 1 atom stereocenters. The van der Waals surface area contributed by atoms with Crippen molar-refractivity contribution >= 4 is 17.9 Å². The minimum Gasteiger partial charge on any atom is -0.462 e. The van der Waals surface area contributed by atoms with E-state index in [1.807, 2.05) is 36.5 Å². The Hall–Kier alpha value is -4.45. The molecule has 0 aromatic carbocycles. The van der Waals surface area contributed by atoms with Crippen LogP contribution in [0.25, 0.3) is 0 Å². The molecule has 0 aliphatic rings. The molecular formula is C52H78O6. The van der Waals surface area contributed by atoms with Gasteiger partial charge in [-0.15, -0.1) is 0 Å². The van der Waals surface area contributed by atoms with E-state index in [-0.39, 0.29) is 38.0 Å². The second kappa shape index (κ2) is 45.3. The maximum atomic E-state index is 12.7. The summed E-state index contributed by atoms with van der Waals surface area (Å²) in [7, 11) is 0. The van der Waals surface area contributed by atoms with Gasteiger partial charge in [0.15, 0.2) is 6.10 Å². The van der Waals surface area contributed by atoms with Crippen LogP contribution in [0.3, 0.4) is 0 Å². The average Bonchev–Trinajstić information content (AvgIpc) is 3.22. The van der Waals surface area contributed by atoms with Crippen LogP contribution in [0.5, 0.6) is 0 Å². The lowest BCUT2D eigenvalue weighted by atomic mass is 10.1. The second-order valence-corrected chi connectivity index (χ2v) is 14.0. The average molecular weight is 799 g/mol. The zero-order valence-electron chi connectivity index (χ0n) is 36.5. The highest BCUT2D eigenvalue weighted by molar-refractivity contribution is 5.71. The number of carbonyl (C=O) groups is 3. The molecule has 0 spiro atoms. The van der Waals surface area contributed by atoms with Crippen molar-refractivity contribution in [3.05, 3.63) is 134 Å². The molecule has 0 heterocycles. The van der Waals surface area contributed by atoms with Crippen LogP contribution in [-0.4, -0.2) is 37.2 Å². The molecule has 1 unspecified atom stereocenters. The number of rotatable bonds is 37. The monoisotopic (exact) mass is 799 g/mol. The highest BCUT2D eigenvalue weighted by Crippen LogP contribution is 2.10. The van der Waals surface area contributed by atoms with Crippen molar-refractivity contribution in [1.82, 2.24) is 0 Å². The van der Waals surface area contributed by atoms with Gasteiger partial charge in [-0.3, -0.25) is 14.4 Å². The Kier molecular flexibility index (Phi) is 41.8.